The molecule has 0 spiro atoms. The first-order valence-electron chi connectivity index (χ1n) is 17.4. The third kappa shape index (κ3) is 5.49. The highest BCUT2D eigenvalue weighted by Gasteiger charge is 2.28. The molecule has 8 aromatic rings. The lowest BCUT2D eigenvalue weighted by Crippen LogP contribution is -2.16. The largest absolute Gasteiger partial charge is 0.309 e. The van der Waals surface area contributed by atoms with Crippen LogP contribution < -0.4 is 0 Å². The van der Waals surface area contributed by atoms with Gasteiger partial charge in [0.2, 0.25) is 0 Å². The molecule has 0 amide bonds. The summed E-state index contributed by atoms with van der Waals surface area (Å²) in [4.78, 5) is 14.8. The Morgan fingerprint density at radius 1 is 0.388 bits per heavy atom. The highest BCUT2D eigenvalue weighted by atomic mass is 15.0. The molecule has 1 fully saturated rings. The number of para-hydroxylation sites is 2. The van der Waals surface area contributed by atoms with E-state index in [1.165, 1.54) is 64.3 Å². The summed E-state index contributed by atoms with van der Waals surface area (Å²) in [6.07, 6.45) is 4.93. The zero-order valence-electron chi connectivity index (χ0n) is 27.3. The lowest BCUT2D eigenvalue weighted by Gasteiger charge is -2.32. The average molecular weight is 633 g/mol. The Balaban J connectivity index is 1.03. The third-order valence-corrected chi connectivity index (χ3v) is 10.2. The van der Waals surface area contributed by atoms with Gasteiger partial charge < -0.3 is 4.57 Å². The van der Waals surface area contributed by atoms with E-state index >= 15 is 0 Å². The van der Waals surface area contributed by atoms with E-state index in [-0.39, 0.29) is 0 Å². The monoisotopic (exact) mass is 632 g/mol. The minimum absolute atomic E-state index is 0.472. The van der Waals surface area contributed by atoms with E-state index < -0.39 is 0 Å². The molecule has 0 saturated heterocycles. The van der Waals surface area contributed by atoms with Crippen molar-refractivity contribution in [2.45, 2.75) is 37.5 Å². The normalized spacial score (nSPS) is 16.2. The maximum Gasteiger partial charge on any atom is 0.164 e. The third-order valence-electron chi connectivity index (χ3n) is 10.2. The highest BCUT2D eigenvalue weighted by molar-refractivity contribution is 6.09. The Kier molecular flexibility index (Phi) is 7.55. The summed E-state index contributed by atoms with van der Waals surface area (Å²) in [5, 5.41) is 2.59. The molecule has 1 aliphatic rings. The Bertz CT molecular complexity index is 2270. The van der Waals surface area contributed by atoms with Gasteiger partial charge in [0, 0.05) is 33.2 Å². The van der Waals surface area contributed by atoms with E-state index in [0.29, 0.717) is 29.3 Å². The van der Waals surface area contributed by atoms with Crippen LogP contribution in [0, 0.1) is 0 Å². The Morgan fingerprint density at radius 2 is 0.776 bits per heavy atom. The molecular formula is C45H36N4. The highest BCUT2D eigenvalue weighted by Crippen LogP contribution is 2.45. The number of benzene rings is 6. The van der Waals surface area contributed by atoms with Crippen LogP contribution in [0.25, 0.3) is 61.7 Å². The maximum absolute atomic E-state index is 4.95. The predicted molar refractivity (Wildman–Crippen MR) is 201 cm³/mol. The Labute approximate surface area is 286 Å². The van der Waals surface area contributed by atoms with E-state index in [4.69, 9.17) is 15.0 Å². The molecule has 49 heavy (non-hydrogen) atoms. The van der Waals surface area contributed by atoms with E-state index in [9.17, 15) is 0 Å². The van der Waals surface area contributed by atoms with Crippen molar-refractivity contribution in [1.29, 1.82) is 0 Å². The Hall–Kier alpha value is -5.87. The fourth-order valence-corrected chi connectivity index (χ4v) is 7.82. The zero-order chi connectivity index (χ0) is 32.6. The van der Waals surface area contributed by atoms with E-state index in [1.54, 1.807) is 0 Å². The van der Waals surface area contributed by atoms with Gasteiger partial charge in [0.15, 0.2) is 17.5 Å². The van der Waals surface area contributed by atoms with Crippen LogP contribution in [-0.2, 0) is 0 Å². The molecule has 2 atom stereocenters. The van der Waals surface area contributed by atoms with Crippen molar-refractivity contribution in [2.75, 3.05) is 0 Å². The first kappa shape index (κ1) is 29.3. The molecule has 0 radical (unpaired) electrons. The number of hydrogen-bond donors (Lipinski definition) is 0. The quantitative estimate of drug-likeness (QED) is 0.183. The predicted octanol–water partition coefficient (Wildman–Crippen LogP) is 11.4. The van der Waals surface area contributed by atoms with E-state index in [1.807, 2.05) is 36.4 Å². The van der Waals surface area contributed by atoms with Crippen LogP contribution in [0.1, 0.15) is 48.6 Å². The molecule has 1 aliphatic carbocycles. The minimum atomic E-state index is 0.472. The van der Waals surface area contributed by atoms with Gasteiger partial charge in [-0.05, 0) is 60.1 Å². The number of rotatable bonds is 6. The van der Waals surface area contributed by atoms with Crippen LogP contribution >= 0.6 is 0 Å². The van der Waals surface area contributed by atoms with Crippen LogP contribution in [0.4, 0.5) is 0 Å². The van der Waals surface area contributed by atoms with Crippen LogP contribution in [0.2, 0.25) is 0 Å². The molecule has 0 bridgehead atoms. The molecule has 6 aromatic carbocycles. The fourth-order valence-electron chi connectivity index (χ4n) is 7.82. The lowest BCUT2D eigenvalue weighted by molar-refractivity contribution is 0.386. The maximum atomic E-state index is 4.95. The van der Waals surface area contributed by atoms with Crippen LogP contribution in [0.5, 0.6) is 0 Å². The van der Waals surface area contributed by atoms with Crippen LogP contribution in [0.15, 0.2) is 158 Å². The molecule has 236 valence electrons. The van der Waals surface area contributed by atoms with Crippen molar-refractivity contribution in [2.24, 2.45) is 0 Å². The van der Waals surface area contributed by atoms with Crippen molar-refractivity contribution >= 4 is 21.8 Å². The number of nitrogens with zero attached hydrogens (tertiary/aromatic N) is 4. The first-order valence-corrected chi connectivity index (χ1v) is 17.4. The summed E-state index contributed by atoms with van der Waals surface area (Å²) in [5.74, 6) is 3.02. The van der Waals surface area contributed by atoms with E-state index in [0.717, 1.165) is 16.7 Å². The van der Waals surface area contributed by atoms with Gasteiger partial charge in [-0.15, -0.1) is 0 Å². The SMILES string of the molecule is c1ccc(-c2nc(-c3ccccc3)nc(-c3ccc([C@@H]4CCCCC4c4ccc(-n5c6ccccc6c6ccccc65)cc4)cc3)n2)cc1. The second-order valence-corrected chi connectivity index (χ2v) is 13.1. The van der Waals surface area contributed by atoms with Crippen molar-refractivity contribution < 1.29 is 0 Å². The molecule has 9 rings (SSSR count). The lowest BCUT2D eigenvalue weighted by atomic mass is 9.72. The molecule has 1 unspecified atom stereocenters. The molecule has 2 aromatic heterocycles. The van der Waals surface area contributed by atoms with Crippen molar-refractivity contribution in [3.63, 3.8) is 0 Å². The summed E-state index contributed by atoms with van der Waals surface area (Å²) < 4.78 is 2.40. The van der Waals surface area contributed by atoms with Gasteiger partial charge in [0.1, 0.15) is 0 Å². The molecule has 2 heterocycles. The smallest absolute Gasteiger partial charge is 0.164 e. The second-order valence-electron chi connectivity index (χ2n) is 13.1. The number of aromatic nitrogens is 4. The van der Waals surface area contributed by atoms with Gasteiger partial charge in [-0.2, -0.15) is 0 Å². The summed E-state index contributed by atoms with van der Waals surface area (Å²) in [6, 6.07) is 56.2. The number of hydrogen-bond acceptors (Lipinski definition) is 3. The summed E-state index contributed by atoms with van der Waals surface area (Å²) in [6.45, 7) is 0. The van der Waals surface area contributed by atoms with Gasteiger partial charge in [0.05, 0.1) is 11.0 Å². The molecular weight excluding hydrogens is 597 g/mol. The molecule has 1 saturated carbocycles. The standard InChI is InChI=1S/C45H36N4/c1-3-13-33(14-4-1)43-46-44(34-15-5-2-6-16-34)48-45(47-43)35-25-23-31(24-26-35)37-17-7-8-18-38(37)32-27-29-36(30-28-32)49-41-21-11-9-19-39(41)40-20-10-12-22-42(40)49/h1-6,9-16,19-30,37-38H,7-8,17-18H2/t37-,38?/m0/s1. The van der Waals surface area contributed by atoms with Crippen molar-refractivity contribution in [3.8, 4) is 39.9 Å². The van der Waals surface area contributed by atoms with Crippen molar-refractivity contribution in [3.05, 3.63) is 169 Å². The van der Waals surface area contributed by atoms with Crippen LogP contribution in [-0.4, -0.2) is 19.5 Å². The minimum Gasteiger partial charge on any atom is -0.309 e. The number of fused-ring (bicyclic) bond motifs is 3. The molecule has 4 heteroatoms. The van der Waals surface area contributed by atoms with Gasteiger partial charge >= 0.3 is 0 Å². The topological polar surface area (TPSA) is 43.6 Å². The second kappa shape index (κ2) is 12.6. The fraction of sp³-hybridized carbons (Fsp3) is 0.133. The first-order chi connectivity index (χ1) is 24.3. The molecule has 4 nitrogen and oxygen atoms in total. The summed E-state index contributed by atoms with van der Waals surface area (Å²) in [7, 11) is 0. The molecule has 0 N–H and O–H groups in total. The summed E-state index contributed by atoms with van der Waals surface area (Å²) in [5.41, 5.74) is 9.48. The van der Waals surface area contributed by atoms with E-state index in [2.05, 4.69) is 126 Å². The Morgan fingerprint density at radius 3 is 1.24 bits per heavy atom. The van der Waals surface area contributed by atoms with Gasteiger partial charge in [-0.25, -0.2) is 15.0 Å². The van der Waals surface area contributed by atoms with Gasteiger partial charge in [0.25, 0.3) is 0 Å². The van der Waals surface area contributed by atoms with Gasteiger partial charge in [-0.1, -0.05) is 146 Å². The average Bonchev–Trinajstić information content (AvgIpc) is 3.53. The summed E-state index contributed by atoms with van der Waals surface area (Å²) >= 11 is 0. The zero-order valence-corrected chi connectivity index (χ0v) is 27.3. The van der Waals surface area contributed by atoms with Crippen molar-refractivity contribution in [1.82, 2.24) is 19.5 Å². The van der Waals surface area contributed by atoms with Gasteiger partial charge in [-0.3, -0.25) is 0 Å². The van der Waals surface area contributed by atoms with Crippen LogP contribution in [0.3, 0.4) is 0 Å². The molecule has 0 aliphatic heterocycles.